The van der Waals surface area contributed by atoms with Crippen LogP contribution in [-0.4, -0.2) is 73.8 Å². The van der Waals surface area contributed by atoms with Crippen molar-refractivity contribution in [3.05, 3.63) is 12.2 Å². The highest BCUT2D eigenvalue weighted by Crippen LogP contribution is 2.08. The first-order valence-corrected chi connectivity index (χ1v) is 9.64. The molecular weight excluding hydrogens is 346 g/mol. The van der Waals surface area contributed by atoms with Crippen LogP contribution in [0.5, 0.6) is 0 Å². The van der Waals surface area contributed by atoms with E-state index in [9.17, 15) is 22.6 Å². The van der Waals surface area contributed by atoms with Crippen LogP contribution in [0.3, 0.4) is 0 Å². The number of quaternary nitrogens is 1. The summed E-state index contributed by atoms with van der Waals surface area (Å²) in [5.74, 6) is -1.18. The SMILES string of the molecule is C=C(C)C(=O)NC(C)C[N+](C)(C)CCC(=O)NC(C)(C)CS(=O)(=O)[O-]. The van der Waals surface area contributed by atoms with E-state index in [1.165, 1.54) is 13.8 Å². The summed E-state index contributed by atoms with van der Waals surface area (Å²) in [7, 11) is -0.552. The molecule has 2 N–H and O–H groups in total. The van der Waals surface area contributed by atoms with Crippen molar-refractivity contribution in [3.8, 4) is 0 Å². The van der Waals surface area contributed by atoms with Crippen LogP contribution in [0.2, 0.25) is 0 Å². The van der Waals surface area contributed by atoms with Crippen molar-refractivity contribution in [1.29, 1.82) is 0 Å². The fourth-order valence-electron chi connectivity index (χ4n) is 2.55. The smallest absolute Gasteiger partial charge is 0.246 e. The van der Waals surface area contributed by atoms with Gasteiger partial charge in [-0.15, -0.1) is 0 Å². The van der Waals surface area contributed by atoms with Gasteiger partial charge in [-0.05, 0) is 27.7 Å². The van der Waals surface area contributed by atoms with Gasteiger partial charge in [0.25, 0.3) is 0 Å². The Hall–Kier alpha value is -1.45. The molecule has 0 heterocycles. The van der Waals surface area contributed by atoms with Gasteiger partial charge in [0.05, 0.1) is 55.5 Å². The molecule has 0 saturated carbocycles. The lowest BCUT2D eigenvalue weighted by atomic mass is 10.1. The molecule has 0 fully saturated rings. The Morgan fingerprint density at radius 1 is 1.28 bits per heavy atom. The molecule has 0 bridgehead atoms. The summed E-state index contributed by atoms with van der Waals surface area (Å²) in [5, 5.41) is 5.41. The van der Waals surface area contributed by atoms with Crippen LogP contribution in [-0.2, 0) is 19.7 Å². The molecule has 9 heteroatoms. The van der Waals surface area contributed by atoms with Crippen LogP contribution in [0.1, 0.15) is 34.1 Å². The highest BCUT2D eigenvalue weighted by molar-refractivity contribution is 7.85. The van der Waals surface area contributed by atoms with Crippen LogP contribution in [0.15, 0.2) is 12.2 Å². The number of likely N-dealkylation sites (N-methyl/N-ethyl adjacent to an activating group) is 1. The van der Waals surface area contributed by atoms with Crippen molar-refractivity contribution in [2.45, 2.75) is 45.7 Å². The highest BCUT2D eigenvalue weighted by Gasteiger charge is 2.26. The van der Waals surface area contributed by atoms with E-state index in [0.717, 1.165) is 0 Å². The average Bonchev–Trinajstić information content (AvgIpc) is 2.31. The Morgan fingerprint density at radius 3 is 2.24 bits per heavy atom. The van der Waals surface area contributed by atoms with Crippen LogP contribution >= 0.6 is 0 Å². The lowest BCUT2D eigenvalue weighted by molar-refractivity contribution is -0.890. The molecule has 0 aliphatic carbocycles. The Labute approximate surface area is 151 Å². The first-order chi connectivity index (χ1) is 11.0. The maximum absolute atomic E-state index is 12.0. The molecule has 1 unspecified atom stereocenters. The zero-order chi connectivity index (χ0) is 20.1. The molecule has 0 spiro atoms. The standard InChI is InChI=1S/C16H31N3O5S/c1-12(2)15(21)17-13(3)10-19(6,7)9-8-14(20)18-16(4,5)11-25(22,23)24/h13H,1,8-11H2,2-7H3,(H2-,17,18,20,21,22,23,24). The third-order valence-electron chi connectivity index (χ3n) is 3.49. The average molecular weight is 378 g/mol. The number of carbonyl (C=O) groups excluding carboxylic acids is 2. The molecule has 0 aromatic heterocycles. The normalized spacial score (nSPS) is 13.9. The van der Waals surface area contributed by atoms with Gasteiger partial charge in [-0.25, -0.2) is 8.42 Å². The second-order valence-corrected chi connectivity index (χ2v) is 9.28. The fraction of sp³-hybridized carbons (Fsp3) is 0.750. The summed E-state index contributed by atoms with van der Waals surface area (Å²) in [4.78, 5) is 23.7. The fourth-order valence-corrected chi connectivity index (χ4v) is 3.50. The largest absolute Gasteiger partial charge is 0.748 e. The molecule has 0 rings (SSSR count). The second kappa shape index (κ2) is 8.77. The number of rotatable bonds is 10. The van der Waals surface area contributed by atoms with Gasteiger partial charge < -0.3 is 19.7 Å². The van der Waals surface area contributed by atoms with Gasteiger partial charge in [0.1, 0.15) is 0 Å². The number of carbonyl (C=O) groups is 2. The van der Waals surface area contributed by atoms with E-state index in [1.807, 2.05) is 21.0 Å². The van der Waals surface area contributed by atoms with Gasteiger partial charge in [0.2, 0.25) is 11.8 Å². The van der Waals surface area contributed by atoms with E-state index in [1.54, 1.807) is 6.92 Å². The van der Waals surface area contributed by atoms with Crippen LogP contribution in [0, 0.1) is 0 Å². The minimum absolute atomic E-state index is 0.0932. The Kier molecular flexibility index (Phi) is 8.26. The number of nitrogens with one attached hydrogen (secondary N) is 2. The molecular formula is C16H31N3O5S. The zero-order valence-corrected chi connectivity index (χ0v) is 16.8. The minimum Gasteiger partial charge on any atom is -0.748 e. The van der Waals surface area contributed by atoms with Crippen LogP contribution in [0.4, 0.5) is 0 Å². The number of hydrogen-bond donors (Lipinski definition) is 2. The number of amides is 2. The Balaban J connectivity index is 4.50. The molecule has 2 amide bonds. The predicted octanol–water partition coefficient (Wildman–Crippen LogP) is -0.0263. The first kappa shape index (κ1) is 23.5. The molecule has 0 aromatic rings. The summed E-state index contributed by atoms with van der Waals surface area (Å²) in [6.07, 6.45) is 0.177. The molecule has 8 nitrogen and oxygen atoms in total. The Morgan fingerprint density at radius 2 is 1.80 bits per heavy atom. The third kappa shape index (κ3) is 11.7. The van der Waals surface area contributed by atoms with E-state index in [2.05, 4.69) is 17.2 Å². The second-order valence-electron chi connectivity index (χ2n) is 7.88. The summed E-state index contributed by atoms with van der Waals surface area (Å²) in [5.41, 5.74) is -0.676. The van der Waals surface area contributed by atoms with Crippen molar-refractivity contribution >= 4 is 21.9 Å². The molecule has 0 aliphatic heterocycles. The van der Waals surface area contributed by atoms with Crippen LogP contribution in [0.25, 0.3) is 0 Å². The molecule has 0 saturated heterocycles. The summed E-state index contributed by atoms with van der Waals surface area (Å²) >= 11 is 0. The Bertz CT molecular complexity index is 611. The highest BCUT2D eigenvalue weighted by atomic mass is 32.2. The lowest BCUT2D eigenvalue weighted by Crippen LogP contribution is -2.53. The molecule has 0 radical (unpaired) electrons. The maximum atomic E-state index is 12.0. The van der Waals surface area contributed by atoms with Crippen molar-refractivity contribution < 1.29 is 27.0 Å². The van der Waals surface area contributed by atoms with E-state index in [-0.39, 0.29) is 24.3 Å². The van der Waals surface area contributed by atoms with E-state index >= 15 is 0 Å². The molecule has 1 atom stereocenters. The van der Waals surface area contributed by atoms with Crippen molar-refractivity contribution in [1.82, 2.24) is 10.6 Å². The van der Waals surface area contributed by atoms with Crippen molar-refractivity contribution in [3.63, 3.8) is 0 Å². The zero-order valence-electron chi connectivity index (χ0n) is 16.0. The first-order valence-electron chi connectivity index (χ1n) is 8.06. The number of nitrogens with zero attached hydrogens (tertiary/aromatic N) is 1. The van der Waals surface area contributed by atoms with Gasteiger partial charge in [0, 0.05) is 11.1 Å². The minimum atomic E-state index is -4.42. The van der Waals surface area contributed by atoms with Gasteiger partial charge in [-0.2, -0.15) is 0 Å². The van der Waals surface area contributed by atoms with Gasteiger partial charge in [0.15, 0.2) is 0 Å². The summed E-state index contributed by atoms with van der Waals surface area (Å²) in [6, 6.07) is -0.0932. The molecule has 0 aliphatic rings. The lowest BCUT2D eigenvalue weighted by Gasteiger charge is -2.33. The van der Waals surface area contributed by atoms with E-state index < -0.39 is 21.4 Å². The molecule has 25 heavy (non-hydrogen) atoms. The van der Waals surface area contributed by atoms with Gasteiger partial charge in [-0.3, -0.25) is 9.59 Å². The molecule has 0 aromatic carbocycles. The predicted molar refractivity (Wildman–Crippen MR) is 95.7 cm³/mol. The maximum Gasteiger partial charge on any atom is 0.246 e. The summed E-state index contributed by atoms with van der Waals surface area (Å²) < 4.78 is 33.0. The van der Waals surface area contributed by atoms with Crippen molar-refractivity contribution in [2.24, 2.45) is 0 Å². The van der Waals surface area contributed by atoms with Gasteiger partial charge in [-0.1, -0.05) is 6.58 Å². The summed E-state index contributed by atoms with van der Waals surface area (Å²) in [6.45, 7) is 11.2. The monoisotopic (exact) mass is 377 g/mol. The van der Waals surface area contributed by atoms with Crippen LogP contribution < -0.4 is 10.6 Å². The van der Waals surface area contributed by atoms with E-state index in [0.29, 0.717) is 23.1 Å². The van der Waals surface area contributed by atoms with Gasteiger partial charge >= 0.3 is 0 Å². The topological polar surface area (TPSA) is 115 Å². The van der Waals surface area contributed by atoms with Crippen molar-refractivity contribution in [2.75, 3.05) is 32.9 Å². The van der Waals surface area contributed by atoms with E-state index in [4.69, 9.17) is 0 Å². The quantitative estimate of drug-likeness (QED) is 0.315. The third-order valence-corrected chi connectivity index (χ3v) is 4.57. The molecule has 146 valence electrons. The number of hydrogen-bond acceptors (Lipinski definition) is 5.